The van der Waals surface area contributed by atoms with Crippen molar-refractivity contribution in [1.82, 2.24) is 0 Å². The summed E-state index contributed by atoms with van der Waals surface area (Å²) in [7, 11) is -1.99. The Bertz CT molecular complexity index is 703. The summed E-state index contributed by atoms with van der Waals surface area (Å²) in [5, 5.41) is 0.149. The summed E-state index contributed by atoms with van der Waals surface area (Å²) in [5.41, 5.74) is 3.00. The van der Waals surface area contributed by atoms with Gasteiger partial charge in [-0.25, -0.2) is 24.0 Å². The Balaban J connectivity index is 2.63. The van der Waals surface area contributed by atoms with Crippen molar-refractivity contribution in [2.75, 3.05) is 0 Å². The van der Waals surface area contributed by atoms with Gasteiger partial charge in [-0.3, -0.25) is 12.2 Å². The third-order valence-corrected chi connectivity index (χ3v) is 11.2. The molecule has 0 radical (unpaired) electrons. The van der Waals surface area contributed by atoms with Crippen molar-refractivity contribution in [3.63, 3.8) is 0 Å². The lowest BCUT2D eigenvalue weighted by Crippen LogP contribution is -2.57. The average molecular weight is 383 g/mol. The summed E-state index contributed by atoms with van der Waals surface area (Å²) in [6.45, 7) is 22.6. The Morgan fingerprint density at radius 1 is 1.15 bits per heavy atom. The van der Waals surface area contributed by atoms with E-state index >= 15 is 0 Å². The van der Waals surface area contributed by atoms with Gasteiger partial charge in [0.15, 0.2) is 8.32 Å². The molecule has 2 rings (SSSR count). The van der Waals surface area contributed by atoms with Crippen molar-refractivity contribution < 1.29 is 4.43 Å². The van der Waals surface area contributed by atoms with E-state index in [1.54, 1.807) is 0 Å². The second-order valence-corrected chi connectivity index (χ2v) is 14.9. The van der Waals surface area contributed by atoms with Gasteiger partial charge in [0.25, 0.3) is 0 Å². The van der Waals surface area contributed by atoms with Crippen LogP contribution >= 0.6 is 0 Å². The molecule has 150 valence electrons. The highest BCUT2D eigenvalue weighted by Crippen LogP contribution is 2.52. The third-order valence-electron chi connectivity index (χ3n) is 6.71. The minimum atomic E-state index is -1.99. The van der Waals surface area contributed by atoms with Gasteiger partial charge in [0.1, 0.15) is 5.60 Å². The summed E-state index contributed by atoms with van der Waals surface area (Å²) >= 11 is 0. The Kier molecular flexibility index (Phi) is 6.20. The van der Waals surface area contributed by atoms with Gasteiger partial charge < -0.3 is 4.43 Å². The molecule has 0 N–H and O–H groups in total. The fraction of sp³-hybridized carbons (Fsp3) is 0.600. The summed E-state index contributed by atoms with van der Waals surface area (Å²) in [6, 6.07) is 0. The quantitative estimate of drug-likeness (QED) is 0.279. The molecule has 0 aromatic rings. The first-order chi connectivity index (χ1) is 12.3. The second kappa shape index (κ2) is 7.61. The van der Waals surface area contributed by atoms with Crippen LogP contribution in [0.3, 0.4) is 0 Å². The Morgan fingerprint density at radius 3 is 2.44 bits per heavy atom. The first-order valence-corrected chi connectivity index (χ1v) is 13.2. The average Bonchev–Trinajstić information content (AvgIpc) is 2.52. The van der Waals surface area contributed by atoms with Gasteiger partial charge in [-0.15, -0.1) is 0 Å². The minimum absolute atomic E-state index is 0.149. The van der Waals surface area contributed by atoms with Crippen LogP contribution in [0.25, 0.3) is 0 Å². The monoisotopic (exact) mass is 382 g/mol. The molecule has 0 spiro atoms. The van der Waals surface area contributed by atoms with Crippen molar-refractivity contribution in [1.29, 1.82) is 0 Å². The van der Waals surface area contributed by atoms with Crippen LogP contribution in [0.5, 0.6) is 0 Å². The topological polar surface area (TPSA) is 9.23 Å². The smallest absolute Gasteiger partial charge is 0.194 e. The zero-order chi connectivity index (χ0) is 20.5. The number of hydrogen-bond donors (Lipinski definition) is 0. The third kappa shape index (κ3) is 4.58. The number of rotatable bonds is 2. The molecule has 2 bridgehead atoms. The van der Waals surface area contributed by atoms with Crippen LogP contribution < -0.4 is 0 Å². The fourth-order valence-electron chi connectivity index (χ4n) is 3.53. The molecule has 27 heavy (non-hydrogen) atoms. The van der Waals surface area contributed by atoms with E-state index in [-0.39, 0.29) is 10.5 Å². The first-order valence-electron chi connectivity index (χ1n) is 10.3. The van der Waals surface area contributed by atoms with E-state index in [1.807, 2.05) is 0 Å². The molecule has 1 unspecified atom stereocenters. The molecule has 2 aliphatic rings. The standard InChI is InChI=1S/C25H38OSi/c1-20-12-10-13-21(2)17-19-25(26-27(8,9)23(3,4)5)18-11-14-22(16-15-20)24(25,6)7/h12,14-16H,2,10-11,13,18H2,1,3-9H3/q-2. The van der Waals surface area contributed by atoms with Crippen LogP contribution in [0.15, 0.2) is 35.5 Å². The molecule has 2 aliphatic carbocycles. The summed E-state index contributed by atoms with van der Waals surface area (Å²) in [6.07, 6.45) is 13.0. The first kappa shape index (κ1) is 22.0. The van der Waals surface area contributed by atoms with E-state index in [1.165, 1.54) is 11.1 Å². The van der Waals surface area contributed by atoms with Crippen molar-refractivity contribution >= 4 is 8.32 Å². The number of allylic oxidation sites excluding steroid dienone is 4. The molecule has 1 atom stereocenters. The van der Waals surface area contributed by atoms with Crippen LogP contribution in [0.4, 0.5) is 0 Å². The molecular formula is C25H38OSi-2. The van der Waals surface area contributed by atoms with E-state index in [2.05, 4.69) is 98.0 Å². The fourth-order valence-corrected chi connectivity index (χ4v) is 5.12. The SMILES string of the molecule is C=C1C#CC2(O[Si](C)(C)C(C)(C)C)CC[CH-]C(=CC=C(C)[CH-]CC1)C2(C)C. The van der Waals surface area contributed by atoms with Crippen LogP contribution in [-0.4, -0.2) is 13.9 Å². The molecule has 0 heterocycles. The molecule has 0 saturated heterocycles. The number of fused-ring (bicyclic) bond motifs is 2. The van der Waals surface area contributed by atoms with Gasteiger partial charge in [-0.05, 0) is 42.0 Å². The predicted octanol–water partition coefficient (Wildman–Crippen LogP) is 7.20. The summed E-state index contributed by atoms with van der Waals surface area (Å²) in [4.78, 5) is 0. The van der Waals surface area contributed by atoms with Crippen LogP contribution in [-0.2, 0) is 4.43 Å². The zero-order valence-electron chi connectivity index (χ0n) is 18.8. The van der Waals surface area contributed by atoms with E-state index in [0.29, 0.717) is 0 Å². The van der Waals surface area contributed by atoms with Gasteiger partial charge in [0.05, 0.1) is 0 Å². The van der Waals surface area contributed by atoms with Crippen molar-refractivity contribution in [2.45, 2.75) is 91.0 Å². The van der Waals surface area contributed by atoms with Crippen LogP contribution in [0, 0.1) is 30.1 Å². The lowest BCUT2D eigenvalue weighted by molar-refractivity contribution is 0.00195. The second-order valence-electron chi connectivity index (χ2n) is 10.2. The summed E-state index contributed by atoms with van der Waals surface area (Å²) < 4.78 is 7.13. The van der Waals surface area contributed by atoms with Crippen LogP contribution in [0.1, 0.15) is 67.2 Å². The van der Waals surface area contributed by atoms with E-state index < -0.39 is 13.9 Å². The maximum Gasteiger partial charge on any atom is 0.194 e. The molecular weight excluding hydrogens is 344 g/mol. The zero-order valence-corrected chi connectivity index (χ0v) is 19.8. The normalized spacial score (nSPS) is 26.1. The van der Waals surface area contributed by atoms with Crippen molar-refractivity contribution in [2.24, 2.45) is 5.41 Å². The highest BCUT2D eigenvalue weighted by Gasteiger charge is 2.51. The maximum atomic E-state index is 7.13. The van der Waals surface area contributed by atoms with Crippen LogP contribution in [0.2, 0.25) is 18.1 Å². The number of hydrogen-bond acceptors (Lipinski definition) is 1. The van der Waals surface area contributed by atoms with E-state index in [0.717, 1.165) is 31.3 Å². The molecule has 1 nitrogen and oxygen atoms in total. The van der Waals surface area contributed by atoms with Crippen molar-refractivity contribution in [3.8, 4) is 11.8 Å². The lowest BCUT2D eigenvalue weighted by atomic mass is 9.62. The minimum Gasteiger partial charge on any atom is -0.400 e. The Hall–Kier alpha value is -1.30. The van der Waals surface area contributed by atoms with Gasteiger partial charge >= 0.3 is 0 Å². The predicted molar refractivity (Wildman–Crippen MR) is 121 cm³/mol. The molecule has 0 amide bonds. The molecule has 0 aromatic heterocycles. The Morgan fingerprint density at radius 2 is 1.81 bits per heavy atom. The molecule has 2 heteroatoms. The van der Waals surface area contributed by atoms with E-state index in [4.69, 9.17) is 4.43 Å². The highest BCUT2D eigenvalue weighted by molar-refractivity contribution is 6.74. The lowest BCUT2D eigenvalue weighted by Gasteiger charge is -2.57. The molecule has 1 fully saturated rings. The largest absolute Gasteiger partial charge is 0.400 e. The highest BCUT2D eigenvalue weighted by atomic mass is 28.4. The Labute approximate surface area is 169 Å². The van der Waals surface area contributed by atoms with E-state index in [9.17, 15) is 0 Å². The van der Waals surface area contributed by atoms with Crippen molar-refractivity contribution in [3.05, 3.63) is 48.3 Å². The maximum absolute atomic E-state index is 7.13. The van der Waals surface area contributed by atoms with Gasteiger partial charge in [-0.1, -0.05) is 72.8 Å². The molecule has 1 saturated carbocycles. The van der Waals surface area contributed by atoms with Gasteiger partial charge in [-0.2, -0.15) is 0 Å². The molecule has 0 aromatic carbocycles. The molecule has 0 aliphatic heterocycles. The van der Waals surface area contributed by atoms with Gasteiger partial charge in [0.2, 0.25) is 0 Å². The van der Waals surface area contributed by atoms with Gasteiger partial charge in [0, 0.05) is 0 Å². The summed E-state index contributed by atoms with van der Waals surface area (Å²) in [5.74, 6) is 7.04.